The number of phenolic OH excluding ortho intramolecular Hbond substituents is 1. The summed E-state index contributed by atoms with van der Waals surface area (Å²) in [4.78, 5) is 23.2. The molecule has 0 aliphatic carbocycles. The van der Waals surface area contributed by atoms with E-state index >= 15 is 0 Å². The van der Waals surface area contributed by atoms with Gasteiger partial charge in [0.2, 0.25) is 34.4 Å². The van der Waals surface area contributed by atoms with Crippen molar-refractivity contribution in [2.75, 3.05) is 71.8 Å². The minimum absolute atomic E-state index is 0.0370. The van der Waals surface area contributed by atoms with Crippen LogP contribution in [0.3, 0.4) is 0 Å². The van der Waals surface area contributed by atoms with Gasteiger partial charge in [0.15, 0.2) is 15.6 Å². The smallest absolute Gasteiger partial charge is 0.296 e. The van der Waals surface area contributed by atoms with Crippen LogP contribution < -0.4 is 26.2 Å². The number of benzene rings is 4. The van der Waals surface area contributed by atoms with Gasteiger partial charge in [-0.2, -0.15) is 55.2 Å². The molecule has 0 radical (unpaired) electrons. The van der Waals surface area contributed by atoms with Crippen molar-refractivity contribution >= 4 is 138 Å². The van der Waals surface area contributed by atoms with E-state index in [1.54, 1.807) is 0 Å². The zero-order valence-corrected chi connectivity index (χ0v) is 44.0. The average Bonchev–Trinajstić information content (AvgIpc) is 3.29. The second-order valence-electron chi connectivity index (χ2n) is 16.0. The molecule has 12 N–H and O–H groups in total. The fourth-order valence-electron chi connectivity index (χ4n) is 6.94. The fraction of sp³-hybridized carbons (Fsp3) is 0.282. The van der Waals surface area contributed by atoms with E-state index < -0.39 is 117 Å². The SMILES string of the molecule is CC(O)CN(CC(C)O)c1nc(Cl)nc(Nc2ccc(S(=O)(=O)O)c(N=Nc3c(S(C)(=O)=O)cc4cc(S(=O)(=O)O)c(N=Nc5cc(Nc6nc(Cl)nc(N(CCO)CCO)n6)ccc5S(=O)(=O)O)c(O)c4c3N)c2)n1. The molecular weight excluding hydrogens is 1130 g/mol. The second-order valence-corrected chi connectivity index (χ2v) is 22.8. The highest BCUT2D eigenvalue weighted by molar-refractivity contribution is 7.91. The van der Waals surface area contributed by atoms with Crippen LogP contribution in [0.4, 0.5) is 63.6 Å². The van der Waals surface area contributed by atoms with Gasteiger partial charge in [-0.25, -0.2) is 8.42 Å². The van der Waals surface area contributed by atoms with Crippen LogP contribution in [-0.2, 0) is 40.2 Å². The number of nitrogens with one attached hydrogen (secondary N) is 2. The molecule has 6 rings (SSSR count). The summed E-state index contributed by atoms with van der Waals surface area (Å²) in [7, 11) is -20.3. The summed E-state index contributed by atoms with van der Waals surface area (Å²) in [5.41, 5.74) is 2.08. The van der Waals surface area contributed by atoms with E-state index in [4.69, 9.17) is 28.9 Å². The van der Waals surface area contributed by atoms with E-state index in [1.807, 2.05) is 0 Å². The summed E-state index contributed by atoms with van der Waals surface area (Å²) in [5, 5.41) is 69.5. The molecule has 0 aliphatic rings. The van der Waals surface area contributed by atoms with Crippen LogP contribution in [0.2, 0.25) is 10.6 Å². The van der Waals surface area contributed by atoms with Gasteiger partial charge in [0.25, 0.3) is 30.4 Å². The van der Waals surface area contributed by atoms with Crippen LogP contribution >= 0.6 is 23.2 Å². The lowest BCUT2D eigenvalue weighted by Gasteiger charge is -2.25. The summed E-state index contributed by atoms with van der Waals surface area (Å²) in [6.07, 6.45) is -1.16. The molecule has 0 fully saturated rings. The molecule has 0 saturated heterocycles. The molecule has 2 aromatic heterocycles. The number of rotatable bonds is 22. The van der Waals surface area contributed by atoms with Gasteiger partial charge in [0.05, 0.1) is 41.4 Å². The van der Waals surface area contributed by atoms with Crippen LogP contribution in [-0.4, -0.2) is 161 Å². The van der Waals surface area contributed by atoms with Crippen molar-refractivity contribution in [1.82, 2.24) is 29.9 Å². The molecule has 408 valence electrons. The molecule has 0 bridgehead atoms. The maximum atomic E-state index is 13.3. The molecule has 2 heterocycles. The molecule has 0 aliphatic heterocycles. The quantitative estimate of drug-likeness (QED) is 0.0263. The number of aliphatic hydroxyl groups is 4. The number of nitrogens with two attached hydrogens (primary N) is 1. The fourth-order valence-corrected chi connectivity index (χ4v) is 9.96. The van der Waals surface area contributed by atoms with Crippen LogP contribution in [0.1, 0.15) is 13.8 Å². The first-order valence-corrected chi connectivity index (χ1v) is 28.2. The number of phenols is 1. The van der Waals surface area contributed by atoms with Gasteiger partial charge in [0.1, 0.15) is 37.4 Å². The van der Waals surface area contributed by atoms with E-state index in [0.29, 0.717) is 12.3 Å². The number of sulfone groups is 1. The van der Waals surface area contributed by atoms with Crippen LogP contribution in [0.5, 0.6) is 5.75 Å². The Bertz CT molecular complexity index is 3740. The van der Waals surface area contributed by atoms with Crippen molar-refractivity contribution in [1.29, 1.82) is 0 Å². The topological polar surface area (TPSA) is 482 Å². The molecule has 31 nitrogen and oxygen atoms in total. The number of anilines is 7. The molecule has 76 heavy (non-hydrogen) atoms. The number of fused-ring (bicyclic) bond motifs is 1. The Kier molecular flexibility index (Phi) is 17.9. The molecule has 2 unspecified atom stereocenters. The molecule has 0 amide bonds. The lowest BCUT2D eigenvalue weighted by Crippen LogP contribution is -2.37. The summed E-state index contributed by atoms with van der Waals surface area (Å²) in [6.45, 7) is 2.03. The predicted molar refractivity (Wildman–Crippen MR) is 272 cm³/mol. The van der Waals surface area contributed by atoms with E-state index in [-0.39, 0.29) is 85.1 Å². The minimum Gasteiger partial charge on any atom is -0.505 e. The van der Waals surface area contributed by atoms with Crippen molar-refractivity contribution in [3.8, 4) is 5.75 Å². The predicted octanol–water partition coefficient (Wildman–Crippen LogP) is 3.63. The number of aliphatic hydroxyl groups excluding tert-OH is 4. The summed E-state index contributed by atoms with van der Waals surface area (Å²) in [5.74, 6) is -1.99. The third-order valence-electron chi connectivity index (χ3n) is 9.96. The average molecular weight is 1180 g/mol. The highest BCUT2D eigenvalue weighted by Crippen LogP contribution is 2.49. The molecule has 0 saturated carbocycles. The van der Waals surface area contributed by atoms with Crippen molar-refractivity contribution in [2.24, 2.45) is 20.5 Å². The van der Waals surface area contributed by atoms with Gasteiger partial charge in [-0.1, -0.05) is 0 Å². The van der Waals surface area contributed by atoms with Gasteiger partial charge in [-0.3, -0.25) is 13.7 Å². The Hall–Kier alpha value is -6.74. The Morgan fingerprint density at radius 2 is 1.03 bits per heavy atom. The Balaban J connectivity index is 1.49. The monoisotopic (exact) mass is 1180 g/mol. The van der Waals surface area contributed by atoms with E-state index in [0.717, 1.165) is 42.5 Å². The summed E-state index contributed by atoms with van der Waals surface area (Å²) < 4.78 is 133. The number of nitrogens with zero attached hydrogens (tertiary/aromatic N) is 12. The number of halogens is 2. The van der Waals surface area contributed by atoms with Crippen LogP contribution in [0.15, 0.2) is 88.6 Å². The molecule has 2 atom stereocenters. The van der Waals surface area contributed by atoms with Crippen molar-refractivity contribution in [3.05, 3.63) is 59.1 Å². The normalized spacial score (nSPS) is 13.4. The first-order valence-electron chi connectivity index (χ1n) is 21.2. The van der Waals surface area contributed by atoms with Crippen LogP contribution in [0.25, 0.3) is 10.8 Å². The first-order chi connectivity index (χ1) is 35.4. The Morgan fingerprint density at radius 1 is 0.605 bits per heavy atom. The first kappa shape index (κ1) is 58.5. The number of nitrogen functional groups attached to an aromatic ring is 1. The van der Waals surface area contributed by atoms with Gasteiger partial charge in [-0.05, 0) is 91.0 Å². The number of hydrogen-bond donors (Lipinski definition) is 11. The van der Waals surface area contributed by atoms with Gasteiger partial charge >= 0.3 is 0 Å². The van der Waals surface area contributed by atoms with Gasteiger partial charge in [0, 0.05) is 43.8 Å². The zero-order chi connectivity index (χ0) is 56.2. The lowest BCUT2D eigenvalue weighted by atomic mass is 10.1. The van der Waals surface area contributed by atoms with Gasteiger partial charge < -0.3 is 51.7 Å². The van der Waals surface area contributed by atoms with E-state index in [1.165, 1.54) is 23.6 Å². The van der Waals surface area contributed by atoms with E-state index in [9.17, 15) is 72.9 Å². The highest BCUT2D eigenvalue weighted by atomic mass is 35.5. The number of hydrogen-bond acceptors (Lipinski definition) is 28. The van der Waals surface area contributed by atoms with Crippen LogP contribution in [0, 0.1) is 0 Å². The number of aromatic nitrogens is 6. The molecule has 0 spiro atoms. The van der Waals surface area contributed by atoms with Crippen molar-refractivity contribution in [3.63, 3.8) is 0 Å². The molecule has 37 heteroatoms. The maximum absolute atomic E-state index is 13.3. The standard InChI is InChI=1S/C39H43Cl2N15O16S4/c1-18(59)16-56(17-19(2)60)39-48-35(41)46-37(50-39)44-21-4-6-25(74(64,65)66)23(14-21)51-53-31-27(73(3,62)63)12-20-13-28(76(70,71)72)32(33(61)29(20)30(31)42)54-52-24-15-22(5-7-26(24)75(67,68)69)43-36-45-34(40)47-38(49-36)55(8-10-57)9-11-58/h4-7,12-15,18-19,57-61H,8-11,16-17,42H2,1-3H3,(H,64,65,66)(H,67,68,69)(H,70,71,72)(H,43,45,47,49)(H,44,46,48,50). The lowest BCUT2D eigenvalue weighted by molar-refractivity contribution is 0.177. The number of aromatic hydroxyl groups is 1. The van der Waals surface area contributed by atoms with Crippen molar-refractivity contribution in [2.45, 2.75) is 45.6 Å². The Labute approximate surface area is 441 Å². The van der Waals surface area contributed by atoms with Crippen molar-refractivity contribution < 1.29 is 72.9 Å². The summed E-state index contributed by atoms with van der Waals surface area (Å²) >= 11 is 12.3. The maximum Gasteiger partial charge on any atom is 0.296 e. The van der Waals surface area contributed by atoms with E-state index in [2.05, 4.69) is 61.0 Å². The summed E-state index contributed by atoms with van der Waals surface area (Å²) in [6, 6.07) is 7.16. The zero-order valence-electron chi connectivity index (χ0n) is 39.2. The highest BCUT2D eigenvalue weighted by Gasteiger charge is 2.29. The minimum atomic E-state index is -5.47. The molecular formula is C39H43Cl2N15O16S4. The number of azo groups is 2. The van der Waals surface area contributed by atoms with Gasteiger partial charge in [-0.15, -0.1) is 20.5 Å². The largest absolute Gasteiger partial charge is 0.505 e. The Morgan fingerprint density at radius 3 is 1.43 bits per heavy atom. The third-order valence-corrected chi connectivity index (χ3v) is 14.1. The molecule has 6 aromatic rings. The third kappa shape index (κ3) is 14.4. The molecule has 4 aromatic carbocycles. The second kappa shape index (κ2) is 23.2.